The van der Waals surface area contributed by atoms with Crippen LogP contribution in [-0.4, -0.2) is 54.4 Å². The highest BCUT2D eigenvalue weighted by Gasteiger charge is 2.20. The molecule has 1 saturated heterocycles. The first-order chi connectivity index (χ1) is 16.2. The van der Waals surface area contributed by atoms with Crippen molar-refractivity contribution in [2.75, 3.05) is 33.4 Å². The lowest BCUT2D eigenvalue weighted by Gasteiger charge is -2.31. The highest BCUT2D eigenvalue weighted by molar-refractivity contribution is 5.82. The second kappa shape index (κ2) is 11.8. The van der Waals surface area contributed by atoms with Crippen LogP contribution in [0.1, 0.15) is 29.5 Å². The number of hydrogen-bond donors (Lipinski definition) is 1. The third-order valence-corrected chi connectivity index (χ3v) is 5.99. The van der Waals surface area contributed by atoms with Gasteiger partial charge in [-0.1, -0.05) is 66.2 Å². The van der Waals surface area contributed by atoms with Gasteiger partial charge in [0.25, 0.3) is 0 Å². The van der Waals surface area contributed by atoms with Crippen LogP contribution >= 0.6 is 0 Å². The van der Waals surface area contributed by atoms with E-state index in [1.807, 2.05) is 6.07 Å². The van der Waals surface area contributed by atoms with Crippen molar-refractivity contribution in [1.82, 2.24) is 9.88 Å². The number of aliphatic hydroxyl groups is 1. The lowest BCUT2D eigenvalue weighted by atomic mass is 9.88. The smallest absolute Gasteiger partial charge is 0.137 e. The summed E-state index contributed by atoms with van der Waals surface area (Å²) >= 11 is 0. The monoisotopic (exact) mass is 444 g/mol. The second-order valence-corrected chi connectivity index (χ2v) is 8.41. The molecule has 2 heterocycles. The number of rotatable bonds is 9. The average Bonchev–Trinajstić information content (AvgIpc) is 2.87. The SMILES string of the molecule is COc1cncc(COCC(O)CN2CCC(=C(c3ccccc3)c3ccccc3)CC2)c1. The highest BCUT2D eigenvalue weighted by atomic mass is 16.5. The maximum Gasteiger partial charge on any atom is 0.137 e. The third kappa shape index (κ3) is 6.51. The fraction of sp³-hybridized carbons (Fsp3) is 0.321. The molecule has 0 spiro atoms. The van der Waals surface area contributed by atoms with Gasteiger partial charge in [-0.15, -0.1) is 0 Å². The normalized spacial score (nSPS) is 15.3. The largest absolute Gasteiger partial charge is 0.495 e. The Morgan fingerprint density at radius 1 is 0.970 bits per heavy atom. The molecule has 5 nitrogen and oxygen atoms in total. The number of β-amino-alcohol motifs (C(OH)–C–C–N with tert-alkyl or cyclic N) is 1. The van der Waals surface area contributed by atoms with Gasteiger partial charge in [-0.2, -0.15) is 0 Å². The van der Waals surface area contributed by atoms with Gasteiger partial charge in [0.05, 0.1) is 32.6 Å². The quantitative estimate of drug-likeness (QED) is 0.524. The van der Waals surface area contributed by atoms with Crippen molar-refractivity contribution >= 4 is 5.57 Å². The van der Waals surface area contributed by atoms with Crippen LogP contribution in [0.15, 0.2) is 84.7 Å². The summed E-state index contributed by atoms with van der Waals surface area (Å²) in [4.78, 5) is 6.46. The molecule has 5 heteroatoms. The van der Waals surface area contributed by atoms with Crippen LogP contribution in [0.4, 0.5) is 0 Å². The zero-order valence-corrected chi connectivity index (χ0v) is 19.2. The van der Waals surface area contributed by atoms with Gasteiger partial charge in [-0.25, -0.2) is 0 Å². The molecule has 0 bridgehead atoms. The molecule has 1 aliphatic heterocycles. The van der Waals surface area contributed by atoms with Crippen molar-refractivity contribution in [2.45, 2.75) is 25.6 Å². The molecule has 0 amide bonds. The zero-order chi connectivity index (χ0) is 22.9. The zero-order valence-electron chi connectivity index (χ0n) is 19.2. The Morgan fingerprint density at radius 2 is 1.61 bits per heavy atom. The number of aliphatic hydroxyl groups excluding tert-OH is 1. The standard InChI is InChI=1S/C28H32N2O3/c1-32-27-16-22(17-29-18-27)20-33-21-26(31)19-30-14-12-25(13-15-30)28(23-8-4-2-5-9-23)24-10-6-3-7-11-24/h2-11,16-18,26,31H,12-15,19-21H2,1H3. The lowest BCUT2D eigenvalue weighted by molar-refractivity contribution is 0.00867. The molecule has 0 radical (unpaired) electrons. The molecule has 172 valence electrons. The number of hydrogen-bond acceptors (Lipinski definition) is 5. The Morgan fingerprint density at radius 3 is 2.21 bits per heavy atom. The Labute approximate surface area is 196 Å². The van der Waals surface area contributed by atoms with Gasteiger partial charge in [-0.05, 0) is 41.2 Å². The molecule has 0 aliphatic carbocycles. The van der Waals surface area contributed by atoms with Crippen LogP contribution in [0.3, 0.4) is 0 Å². The molecule has 1 aromatic heterocycles. The van der Waals surface area contributed by atoms with Crippen LogP contribution in [0.25, 0.3) is 5.57 Å². The number of pyridine rings is 1. The van der Waals surface area contributed by atoms with E-state index in [4.69, 9.17) is 9.47 Å². The number of methoxy groups -OCH3 is 1. The fourth-order valence-corrected chi connectivity index (χ4v) is 4.36. The first kappa shape index (κ1) is 23.2. The molecule has 1 fully saturated rings. The fourth-order valence-electron chi connectivity index (χ4n) is 4.36. The second-order valence-electron chi connectivity index (χ2n) is 8.41. The van der Waals surface area contributed by atoms with E-state index in [-0.39, 0.29) is 0 Å². The Balaban J connectivity index is 1.32. The number of piperidine rings is 1. The number of nitrogens with zero attached hydrogens (tertiary/aromatic N) is 2. The van der Waals surface area contributed by atoms with Crippen molar-refractivity contribution in [3.63, 3.8) is 0 Å². The first-order valence-corrected chi connectivity index (χ1v) is 11.5. The summed E-state index contributed by atoms with van der Waals surface area (Å²) in [7, 11) is 1.62. The maximum atomic E-state index is 10.5. The molecule has 1 aliphatic rings. The minimum atomic E-state index is -0.517. The minimum Gasteiger partial charge on any atom is -0.495 e. The van der Waals surface area contributed by atoms with Gasteiger partial charge in [0.15, 0.2) is 0 Å². The van der Waals surface area contributed by atoms with E-state index in [1.165, 1.54) is 22.3 Å². The molecule has 2 aromatic carbocycles. The van der Waals surface area contributed by atoms with Crippen molar-refractivity contribution < 1.29 is 14.6 Å². The van der Waals surface area contributed by atoms with Crippen molar-refractivity contribution in [1.29, 1.82) is 0 Å². The van der Waals surface area contributed by atoms with Crippen molar-refractivity contribution in [2.24, 2.45) is 0 Å². The molecule has 1 atom stereocenters. The summed E-state index contributed by atoms with van der Waals surface area (Å²) in [6.07, 6.45) is 4.91. The third-order valence-electron chi connectivity index (χ3n) is 5.99. The van der Waals surface area contributed by atoms with E-state index in [0.717, 1.165) is 31.5 Å². The minimum absolute atomic E-state index is 0.301. The lowest BCUT2D eigenvalue weighted by Crippen LogP contribution is -2.38. The van der Waals surface area contributed by atoms with Crippen LogP contribution in [0.2, 0.25) is 0 Å². The van der Waals surface area contributed by atoms with Crippen LogP contribution in [-0.2, 0) is 11.3 Å². The maximum absolute atomic E-state index is 10.5. The summed E-state index contributed by atoms with van der Waals surface area (Å²) in [5.41, 5.74) is 6.32. The summed E-state index contributed by atoms with van der Waals surface area (Å²) in [5, 5.41) is 10.5. The molecule has 1 N–H and O–H groups in total. The highest BCUT2D eigenvalue weighted by Crippen LogP contribution is 2.32. The van der Waals surface area contributed by atoms with Gasteiger partial charge >= 0.3 is 0 Å². The van der Waals surface area contributed by atoms with Gasteiger partial charge < -0.3 is 19.5 Å². The van der Waals surface area contributed by atoms with Crippen LogP contribution in [0, 0.1) is 0 Å². The Bertz CT molecular complexity index is 986. The number of likely N-dealkylation sites (tertiary alicyclic amines) is 1. The summed E-state index contributed by atoms with van der Waals surface area (Å²) in [6, 6.07) is 23.2. The summed E-state index contributed by atoms with van der Waals surface area (Å²) in [6.45, 7) is 3.21. The number of ether oxygens (including phenoxy) is 2. The summed E-state index contributed by atoms with van der Waals surface area (Å²) < 4.78 is 10.9. The average molecular weight is 445 g/mol. The van der Waals surface area contributed by atoms with Crippen LogP contribution in [0.5, 0.6) is 5.75 Å². The van der Waals surface area contributed by atoms with E-state index in [2.05, 4.69) is 70.5 Å². The Kier molecular flexibility index (Phi) is 8.25. The first-order valence-electron chi connectivity index (χ1n) is 11.5. The number of benzene rings is 2. The molecular weight excluding hydrogens is 412 g/mol. The molecule has 3 aromatic rings. The predicted octanol–water partition coefficient (Wildman–Crippen LogP) is 4.57. The Hall–Kier alpha value is -2.99. The molecule has 4 rings (SSSR count). The van der Waals surface area contributed by atoms with E-state index in [1.54, 1.807) is 19.5 Å². The molecule has 33 heavy (non-hydrogen) atoms. The predicted molar refractivity (Wildman–Crippen MR) is 131 cm³/mol. The molecular formula is C28H32N2O3. The van der Waals surface area contributed by atoms with Crippen molar-refractivity contribution in [3.8, 4) is 5.75 Å². The van der Waals surface area contributed by atoms with Gasteiger partial charge in [0.2, 0.25) is 0 Å². The van der Waals surface area contributed by atoms with Crippen molar-refractivity contribution in [3.05, 3.63) is 101 Å². The van der Waals surface area contributed by atoms with E-state index in [9.17, 15) is 5.11 Å². The van der Waals surface area contributed by atoms with E-state index >= 15 is 0 Å². The topological polar surface area (TPSA) is 54.8 Å². The van der Waals surface area contributed by atoms with Gasteiger partial charge in [0, 0.05) is 25.8 Å². The molecule has 0 saturated carbocycles. The van der Waals surface area contributed by atoms with Crippen LogP contribution < -0.4 is 4.74 Å². The van der Waals surface area contributed by atoms with Gasteiger partial charge in [0.1, 0.15) is 5.75 Å². The van der Waals surface area contributed by atoms with Gasteiger partial charge in [-0.3, -0.25) is 4.98 Å². The molecule has 1 unspecified atom stereocenters. The van der Waals surface area contributed by atoms with E-state index < -0.39 is 6.10 Å². The van der Waals surface area contributed by atoms with E-state index in [0.29, 0.717) is 25.5 Å². The summed E-state index contributed by atoms with van der Waals surface area (Å²) in [5.74, 6) is 0.708. The number of aromatic nitrogens is 1.